The van der Waals surface area contributed by atoms with Gasteiger partial charge in [0.25, 0.3) is 5.69 Å². The van der Waals surface area contributed by atoms with Crippen LogP contribution in [-0.2, 0) is 11.3 Å². The van der Waals surface area contributed by atoms with E-state index in [0.717, 1.165) is 5.56 Å². The van der Waals surface area contributed by atoms with Crippen LogP contribution in [0.1, 0.15) is 22.7 Å². The summed E-state index contributed by atoms with van der Waals surface area (Å²) in [5.41, 5.74) is 7.59. The molecule has 0 spiro atoms. The molecule has 25 heavy (non-hydrogen) atoms. The van der Waals surface area contributed by atoms with Gasteiger partial charge in [-0.05, 0) is 24.1 Å². The maximum atomic E-state index is 12.7. The third-order valence-electron chi connectivity index (χ3n) is 4.28. The summed E-state index contributed by atoms with van der Waals surface area (Å²) in [6.07, 6.45) is 0. The Labute approximate surface area is 143 Å². The molecule has 0 bridgehead atoms. The van der Waals surface area contributed by atoms with Crippen molar-refractivity contribution in [2.45, 2.75) is 19.5 Å². The van der Waals surface area contributed by atoms with E-state index in [0.29, 0.717) is 16.8 Å². The van der Waals surface area contributed by atoms with Crippen LogP contribution in [-0.4, -0.2) is 21.8 Å². The van der Waals surface area contributed by atoms with Gasteiger partial charge in [-0.1, -0.05) is 30.3 Å². The molecule has 8 heteroatoms. The van der Waals surface area contributed by atoms with Gasteiger partial charge in [-0.25, -0.2) is 4.79 Å². The van der Waals surface area contributed by atoms with Gasteiger partial charge in [0.1, 0.15) is 6.04 Å². The summed E-state index contributed by atoms with van der Waals surface area (Å²) in [4.78, 5) is 36.4. The number of carbonyl (C=O) groups is 2. The number of hydrogen-bond donors (Lipinski definition) is 2. The zero-order chi connectivity index (χ0) is 18.1. The summed E-state index contributed by atoms with van der Waals surface area (Å²) < 4.78 is 0. The Bertz CT molecular complexity index is 881. The Morgan fingerprint density at radius 3 is 2.64 bits per heavy atom. The Morgan fingerprint density at radius 1 is 1.24 bits per heavy atom. The van der Waals surface area contributed by atoms with Crippen molar-refractivity contribution in [3.05, 3.63) is 69.3 Å². The molecular weight excluding hydrogens is 324 g/mol. The summed E-state index contributed by atoms with van der Waals surface area (Å²) in [6.45, 7) is 1.79. The lowest BCUT2D eigenvalue weighted by Gasteiger charge is -2.23. The number of rotatable bonds is 3. The highest BCUT2D eigenvalue weighted by atomic mass is 16.6. The van der Waals surface area contributed by atoms with Gasteiger partial charge >= 0.3 is 6.03 Å². The molecule has 0 radical (unpaired) electrons. The smallest absolute Gasteiger partial charge is 0.323 e. The van der Waals surface area contributed by atoms with Gasteiger partial charge in [-0.2, -0.15) is 0 Å². The first-order valence-electron chi connectivity index (χ1n) is 7.59. The van der Waals surface area contributed by atoms with E-state index in [9.17, 15) is 19.7 Å². The van der Waals surface area contributed by atoms with E-state index in [1.54, 1.807) is 25.1 Å². The third kappa shape index (κ3) is 2.89. The van der Waals surface area contributed by atoms with Crippen LogP contribution < -0.4 is 11.1 Å². The zero-order valence-electron chi connectivity index (χ0n) is 13.4. The predicted octanol–water partition coefficient (Wildman–Crippen LogP) is 2.48. The maximum absolute atomic E-state index is 12.7. The zero-order valence-corrected chi connectivity index (χ0v) is 13.4. The van der Waals surface area contributed by atoms with E-state index >= 15 is 0 Å². The van der Waals surface area contributed by atoms with Crippen LogP contribution in [0.3, 0.4) is 0 Å². The predicted molar refractivity (Wildman–Crippen MR) is 90.8 cm³/mol. The highest BCUT2D eigenvalue weighted by molar-refractivity contribution is 5.95. The molecule has 3 rings (SSSR count). The molecule has 1 atom stereocenters. The fourth-order valence-corrected chi connectivity index (χ4v) is 3.03. The van der Waals surface area contributed by atoms with Crippen LogP contribution in [0.4, 0.5) is 16.2 Å². The number of nitro groups is 1. The van der Waals surface area contributed by atoms with Crippen molar-refractivity contribution in [3.8, 4) is 0 Å². The summed E-state index contributed by atoms with van der Waals surface area (Å²) >= 11 is 0. The Balaban J connectivity index is 1.89. The highest BCUT2D eigenvalue weighted by Crippen LogP contribution is 2.34. The molecule has 1 aliphatic heterocycles. The Morgan fingerprint density at radius 2 is 1.96 bits per heavy atom. The van der Waals surface area contributed by atoms with Gasteiger partial charge in [-0.3, -0.25) is 14.9 Å². The maximum Gasteiger partial charge on any atom is 0.323 e. The number of carbonyl (C=O) groups excluding carboxylic acids is 2. The molecule has 2 aromatic rings. The Hall–Kier alpha value is -3.42. The van der Waals surface area contributed by atoms with Crippen LogP contribution in [0, 0.1) is 17.0 Å². The van der Waals surface area contributed by atoms with Crippen LogP contribution >= 0.6 is 0 Å². The van der Waals surface area contributed by atoms with Crippen LogP contribution in [0.25, 0.3) is 0 Å². The van der Waals surface area contributed by atoms with E-state index in [-0.39, 0.29) is 12.2 Å². The lowest BCUT2D eigenvalue weighted by molar-refractivity contribution is -0.385. The van der Waals surface area contributed by atoms with Crippen molar-refractivity contribution >= 4 is 23.3 Å². The second-order valence-corrected chi connectivity index (χ2v) is 5.77. The molecule has 3 N–H and O–H groups in total. The van der Waals surface area contributed by atoms with E-state index in [2.05, 4.69) is 5.32 Å². The lowest BCUT2D eigenvalue weighted by Crippen LogP contribution is -2.39. The number of primary amides is 1. The number of urea groups is 1. The van der Waals surface area contributed by atoms with Crippen molar-refractivity contribution in [1.29, 1.82) is 0 Å². The summed E-state index contributed by atoms with van der Waals surface area (Å²) in [5.74, 6) is -0.629. The molecule has 0 saturated heterocycles. The normalized spacial score (nSPS) is 15.6. The molecule has 1 heterocycles. The minimum atomic E-state index is -0.866. The average molecular weight is 340 g/mol. The second-order valence-electron chi connectivity index (χ2n) is 5.77. The molecular formula is C17H16N4O4. The molecule has 3 amide bonds. The lowest BCUT2D eigenvalue weighted by atomic mass is 10.0. The highest BCUT2D eigenvalue weighted by Gasteiger charge is 2.37. The molecule has 2 aromatic carbocycles. The first kappa shape index (κ1) is 16.4. The van der Waals surface area contributed by atoms with Gasteiger partial charge in [0.05, 0.1) is 16.2 Å². The Kier molecular flexibility index (Phi) is 4.10. The van der Waals surface area contributed by atoms with Crippen molar-refractivity contribution < 1.29 is 14.5 Å². The molecule has 1 aliphatic rings. The number of benzene rings is 2. The third-order valence-corrected chi connectivity index (χ3v) is 4.28. The van der Waals surface area contributed by atoms with Crippen molar-refractivity contribution in [1.82, 2.24) is 4.90 Å². The number of nitro benzene ring substituents is 1. The van der Waals surface area contributed by atoms with Crippen molar-refractivity contribution in [2.24, 2.45) is 5.73 Å². The van der Waals surface area contributed by atoms with Crippen molar-refractivity contribution in [2.75, 3.05) is 5.32 Å². The largest absolute Gasteiger partial charge is 0.368 e. The van der Waals surface area contributed by atoms with Crippen LogP contribution in [0.15, 0.2) is 42.5 Å². The monoisotopic (exact) mass is 340 g/mol. The van der Waals surface area contributed by atoms with Crippen molar-refractivity contribution in [3.63, 3.8) is 0 Å². The van der Waals surface area contributed by atoms with E-state index in [4.69, 9.17) is 5.73 Å². The molecule has 0 saturated carbocycles. The molecule has 128 valence electrons. The minimum Gasteiger partial charge on any atom is -0.368 e. The first-order valence-corrected chi connectivity index (χ1v) is 7.59. The van der Waals surface area contributed by atoms with Gasteiger partial charge in [0, 0.05) is 12.6 Å². The number of hydrogen-bond acceptors (Lipinski definition) is 4. The van der Waals surface area contributed by atoms with E-state index in [1.165, 1.54) is 17.0 Å². The van der Waals surface area contributed by atoms with E-state index in [1.807, 2.05) is 12.1 Å². The molecule has 0 aliphatic carbocycles. The topological polar surface area (TPSA) is 119 Å². The van der Waals surface area contributed by atoms with Crippen LogP contribution in [0.2, 0.25) is 0 Å². The fraction of sp³-hybridized carbons (Fsp3) is 0.176. The fourth-order valence-electron chi connectivity index (χ4n) is 3.03. The summed E-state index contributed by atoms with van der Waals surface area (Å²) in [7, 11) is 0. The number of nitrogens with one attached hydrogen (secondary N) is 1. The average Bonchev–Trinajstić information content (AvgIpc) is 2.96. The van der Waals surface area contributed by atoms with Gasteiger partial charge in [0.2, 0.25) is 5.91 Å². The standard InChI is InChI=1S/C17H16N4O4/c1-10-13(7-4-8-14(10)21(24)25)19-17(23)20-9-11-5-2-3-6-12(11)15(20)16(18)22/h2-8,15H,9H2,1H3,(H2,18,22)(H,19,23). The second kappa shape index (κ2) is 6.23. The van der Waals surface area contributed by atoms with Gasteiger partial charge in [0.15, 0.2) is 0 Å². The molecule has 0 aromatic heterocycles. The number of fused-ring (bicyclic) bond motifs is 1. The van der Waals surface area contributed by atoms with Gasteiger partial charge < -0.3 is 16.0 Å². The molecule has 8 nitrogen and oxygen atoms in total. The number of nitrogens with zero attached hydrogens (tertiary/aromatic N) is 2. The quantitative estimate of drug-likeness (QED) is 0.659. The number of nitrogens with two attached hydrogens (primary N) is 1. The van der Waals surface area contributed by atoms with Crippen LogP contribution in [0.5, 0.6) is 0 Å². The first-order chi connectivity index (χ1) is 11.9. The van der Waals surface area contributed by atoms with E-state index < -0.39 is 22.9 Å². The number of amides is 3. The minimum absolute atomic E-state index is 0.0889. The summed E-state index contributed by atoms with van der Waals surface area (Å²) in [6, 6.07) is 10.2. The molecule has 0 fully saturated rings. The number of anilines is 1. The molecule has 1 unspecified atom stereocenters. The summed E-state index contributed by atoms with van der Waals surface area (Å²) in [5, 5.41) is 13.7. The van der Waals surface area contributed by atoms with Gasteiger partial charge in [-0.15, -0.1) is 0 Å². The SMILES string of the molecule is Cc1c(NC(=O)N2Cc3ccccc3C2C(N)=O)cccc1[N+](=O)[O-].